The Labute approximate surface area is 90.0 Å². The predicted octanol–water partition coefficient (Wildman–Crippen LogP) is 1.28. The zero-order valence-electron chi connectivity index (χ0n) is 8.91. The van der Waals surface area contributed by atoms with Crippen LogP contribution in [0.4, 0.5) is 0 Å². The Morgan fingerprint density at radius 1 is 1.64 bits per heavy atom. The first-order valence-corrected chi connectivity index (χ1v) is 6.47. The number of ether oxygens (including phenoxy) is 1. The molecular weight excluding hydrogens is 198 g/mol. The lowest BCUT2D eigenvalue weighted by atomic mass is 10.2. The molecule has 1 unspecified atom stereocenters. The summed E-state index contributed by atoms with van der Waals surface area (Å²) < 4.78 is 4.75. The fourth-order valence-electron chi connectivity index (χ4n) is 1.31. The van der Waals surface area contributed by atoms with Gasteiger partial charge in [0.05, 0.1) is 7.11 Å². The lowest BCUT2D eigenvalue weighted by molar-refractivity contribution is -0.143. The quantitative estimate of drug-likeness (QED) is 0.652. The average Bonchev–Trinajstić information content (AvgIpc) is 3.01. The van der Waals surface area contributed by atoms with Gasteiger partial charge in [-0.15, -0.1) is 0 Å². The molecular formula is C10H19NO2S. The highest BCUT2D eigenvalue weighted by Gasteiger charge is 2.24. The smallest absolute Gasteiger partial charge is 0.322 e. The van der Waals surface area contributed by atoms with E-state index in [1.54, 1.807) is 11.8 Å². The molecule has 1 aliphatic carbocycles. The number of hydrogen-bond acceptors (Lipinski definition) is 4. The van der Waals surface area contributed by atoms with Crippen LogP contribution in [0.5, 0.6) is 0 Å². The van der Waals surface area contributed by atoms with E-state index < -0.39 is 0 Å². The van der Waals surface area contributed by atoms with Crippen molar-refractivity contribution in [3.63, 3.8) is 0 Å². The number of nitrogens with one attached hydrogen (secondary N) is 1. The second-order valence-corrected chi connectivity index (χ2v) is 4.69. The number of hydrogen-bond donors (Lipinski definition) is 1. The molecule has 14 heavy (non-hydrogen) atoms. The normalized spacial score (nSPS) is 17.9. The highest BCUT2D eigenvalue weighted by molar-refractivity contribution is 7.98. The molecule has 1 rings (SSSR count). The number of carbonyl (C=O) groups is 1. The molecule has 0 aromatic heterocycles. The van der Waals surface area contributed by atoms with Crippen LogP contribution in [0.15, 0.2) is 0 Å². The second kappa shape index (κ2) is 6.30. The van der Waals surface area contributed by atoms with Crippen molar-refractivity contribution in [1.29, 1.82) is 0 Å². The van der Waals surface area contributed by atoms with Crippen LogP contribution in [0.3, 0.4) is 0 Å². The van der Waals surface area contributed by atoms with Gasteiger partial charge in [0.2, 0.25) is 0 Å². The van der Waals surface area contributed by atoms with Crippen molar-refractivity contribution in [3.05, 3.63) is 0 Å². The summed E-state index contributed by atoms with van der Waals surface area (Å²) in [5.74, 6) is 1.67. The van der Waals surface area contributed by atoms with Crippen LogP contribution in [0.25, 0.3) is 0 Å². The average molecular weight is 217 g/mol. The summed E-state index contributed by atoms with van der Waals surface area (Å²) in [7, 11) is 1.45. The van der Waals surface area contributed by atoms with Crippen LogP contribution < -0.4 is 5.32 Å². The van der Waals surface area contributed by atoms with Crippen LogP contribution in [-0.2, 0) is 9.53 Å². The third kappa shape index (κ3) is 4.33. The highest BCUT2D eigenvalue weighted by atomic mass is 32.2. The minimum absolute atomic E-state index is 0.104. The zero-order chi connectivity index (χ0) is 10.4. The Morgan fingerprint density at radius 3 is 2.86 bits per heavy atom. The molecule has 0 aliphatic heterocycles. The lowest BCUT2D eigenvalue weighted by Gasteiger charge is -2.15. The highest BCUT2D eigenvalue weighted by Crippen LogP contribution is 2.27. The van der Waals surface area contributed by atoms with Crippen LogP contribution in [0, 0.1) is 5.92 Å². The van der Waals surface area contributed by atoms with Crippen molar-refractivity contribution >= 4 is 17.7 Å². The minimum atomic E-state index is -0.125. The Hall–Kier alpha value is -0.220. The van der Waals surface area contributed by atoms with Gasteiger partial charge in [0.15, 0.2) is 0 Å². The molecule has 0 heterocycles. The number of esters is 1. The summed E-state index contributed by atoms with van der Waals surface area (Å²) in [6.07, 6.45) is 5.53. The first-order chi connectivity index (χ1) is 6.77. The van der Waals surface area contributed by atoms with Crippen molar-refractivity contribution in [2.24, 2.45) is 5.92 Å². The fourth-order valence-corrected chi connectivity index (χ4v) is 1.78. The van der Waals surface area contributed by atoms with Crippen molar-refractivity contribution in [2.45, 2.75) is 25.3 Å². The maximum Gasteiger partial charge on any atom is 0.322 e. The number of rotatable bonds is 7. The van der Waals surface area contributed by atoms with Crippen molar-refractivity contribution < 1.29 is 9.53 Å². The van der Waals surface area contributed by atoms with Gasteiger partial charge in [-0.2, -0.15) is 11.8 Å². The van der Waals surface area contributed by atoms with Gasteiger partial charge in [0.25, 0.3) is 0 Å². The van der Waals surface area contributed by atoms with E-state index in [0.717, 1.165) is 24.6 Å². The van der Waals surface area contributed by atoms with Gasteiger partial charge in [-0.25, -0.2) is 0 Å². The molecule has 1 aliphatic rings. The molecule has 0 radical (unpaired) electrons. The predicted molar refractivity (Wildman–Crippen MR) is 59.5 cm³/mol. The maximum absolute atomic E-state index is 11.4. The third-order valence-corrected chi connectivity index (χ3v) is 3.09. The maximum atomic E-state index is 11.4. The van der Waals surface area contributed by atoms with Gasteiger partial charge in [0, 0.05) is 0 Å². The molecule has 0 spiro atoms. The number of thioether (sulfide) groups is 1. The fraction of sp³-hybridized carbons (Fsp3) is 0.900. The molecule has 3 nitrogen and oxygen atoms in total. The van der Waals surface area contributed by atoms with Gasteiger partial charge >= 0.3 is 5.97 Å². The topological polar surface area (TPSA) is 38.3 Å². The summed E-state index contributed by atoms with van der Waals surface area (Å²) in [5.41, 5.74) is 0. The number of methoxy groups -OCH3 is 1. The second-order valence-electron chi connectivity index (χ2n) is 3.71. The lowest BCUT2D eigenvalue weighted by Crippen LogP contribution is -2.39. The molecule has 1 atom stereocenters. The van der Waals surface area contributed by atoms with Gasteiger partial charge in [-0.05, 0) is 43.7 Å². The summed E-state index contributed by atoms with van der Waals surface area (Å²) in [6, 6.07) is -0.104. The molecule has 0 amide bonds. The Balaban J connectivity index is 2.22. The molecule has 4 heteroatoms. The molecule has 1 N–H and O–H groups in total. The van der Waals surface area contributed by atoms with E-state index >= 15 is 0 Å². The summed E-state index contributed by atoms with van der Waals surface area (Å²) in [4.78, 5) is 11.4. The van der Waals surface area contributed by atoms with E-state index in [0.29, 0.717) is 0 Å². The summed E-state index contributed by atoms with van der Waals surface area (Å²) >= 11 is 1.76. The molecule has 82 valence electrons. The van der Waals surface area contributed by atoms with Gasteiger partial charge in [-0.1, -0.05) is 0 Å². The Morgan fingerprint density at radius 2 is 2.36 bits per heavy atom. The molecule has 1 saturated carbocycles. The Kier molecular flexibility index (Phi) is 5.33. The van der Waals surface area contributed by atoms with Gasteiger partial charge < -0.3 is 10.1 Å². The van der Waals surface area contributed by atoms with E-state index in [9.17, 15) is 4.79 Å². The summed E-state index contributed by atoms with van der Waals surface area (Å²) in [5, 5.41) is 3.28. The molecule has 0 aromatic carbocycles. The van der Waals surface area contributed by atoms with E-state index in [2.05, 4.69) is 11.6 Å². The van der Waals surface area contributed by atoms with Crippen LogP contribution in [0.1, 0.15) is 19.3 Å². The largest absolute Gasteiger partial charge is 0.468 e. The van der Waals surface area contributed by atoms with Crippen molar-refractivity contribution in [2.75, 3.05) is 25.7 Å². The van der Waals surface area contributed by atoms with Gasteiger partial charge in [0.1, 0.15) is 6.04 Å². The van der Waals surface area contributed by atoms with E-state index in [1.165, 1.54) is 20.0 Å². The monoisotopic (exact) mass is 217 g/mol. The van der Waals surface area contributed by atoms with Crippen molar-refractivity contribution in [3.8, 4) is 0 Å². The third-order valence-electron chi connectivity index (χ3n) is 2.45. The van der Waals surface area contributed by atoms with Crippen molar-refractivity contribution in [1.82, 2.24) is 5.32 Å². The summed E-state index contributed by atoms with van der Waals surface area (Å²) in [6.45, 7) is 0.966. The van der Waals surface area contributed by atoms with Crippen LogP contribution in [0.2, 0.25) is 0 Å². The van der Waals surface area contributed by atoms with Crippen LogP contribution in [-0.4, -0.2) is 37.7 Å². The first-order valence-electron chi connectivity index (χ1n) is 5.08. The van der Waals surface area contributed by atoms with E-state index in [1.807, 2.05) is 0 Å². The molecule has 0 aromatic rings. The molecule has 1 fully saturated rings. The van der Waals surface area contributed by atoms with Gasteiger partial charge in [-0.3, -0.25) is 4.79 Å². The first kappa shape index (κ1) is 11.9. The van der Waals surface area contributed by atoms with E-state index in [4.69, 9.17) is 4.74 Å². The van der Waals surface area contributed by atoms with Crippen LogP contribution >= 0.6 is 11.8 Å². The SMILES string of the molecule is COC(=O)C(CCSC)NCC1CC1. The van der Waals surface area contributed by atoms with E-state index in [-0.39, 0.29) is 12.0 Å². The molecule has 0 saturated heterocycles. The number of carbonyl (C=O) groups excluding carboxylic acids is 1. The molecule has 0 bridgehead atoms. The minimum Gasteiger partial charge on any atom is -0.468 e. The Bertz CT molecular complexity index is 183. The standard InChI is InChI=1S/C10H19NO2S/c1-13-10(12)9(5-6-14-2)11-7-8-3-4-8/h8-9,11H,3-7H2,1-2H3. The zero-order valence-corrected chi connectivity index (χ0v) is 9.73.